The van der Waals surface area contributed by atoms with E-state index in [1.807, 2.05) is 13.8 Å². The summed E-state index contributed by atoms with van der Waals surface area (Å²) in [7, 11) is 0. The highest BCUT2D eigenvalue weighted by atomic mass is 16.5. The molecule has 7 nitrogen and oxygen atoms in total. The van der Waals surface area contributed by atoms with E-state index in [-0.39, 0.29) is 12.0 Å². The maximum Gasteiger partial charge on any atom is 0.238 e. The fourth-order valence-electron chi connectivity index (χ4n) is 2.18. The fraction of sp³-hybridized carbons (Fsp3) is 0.667. The van der Waals surface area contributed by atoms with E-state index in [1.54, 1.807) is 0 Å². The number of aryl methyl sites for hydroxylation is 2. The van der Waals surface area contributed by atoms with E-state index < -0.39 is 0 Å². The summed E-state index contributed by atoms with van der Waals surface area (Å²) in [5.41, 5.74) is 8.02. The predicted octanol–water partition coefficient (Wildman–Crippen LogP) is -0.375. The van der Waals surface area contributed by atoms with Gasteiger partial charge in [0.1, 0.15) is 0 Å². The molecule has 1 amide bonds. The predicted molar refractivity (Wildman–Crippen MR) is 71.9 cm³/mol. The maximum absolute atomic E-state index is 12.0. The molecular weight excluding hydrogens is 246 g/mol. The Morgan fingerprint density at radius 2 is 2.42 bits per heavy atom. The molecule has 4 N–H and O–H groups in total. The van der Waals surface area contributed by atoms with Crippen LogP contribution in [0.5, 0.6) is 0 Å². The minimum Gasteiger partial charge on any atom is -0.374 e. The first-order valence-electron chi connectivity index (χ1n) is 6.45. The van der Waals surface area contributed by atoms with Crippen LogP contribution in [0, 0.1) is 13.8 Å². The van der Waals surface area contributed by atoms with E-state index >= 15 is 0 Å². The smallest absolute Gasteiger partial charge is 0.238 e. The van der Waals surface area contributed by atoms with Crippen LogP contribution in [0.2, 0.25) is 0 Å². The molecule has 2 rings (SSSR count). The fourth-order valence-corrected chi connectivity index (χ4v) is 2.18. The zero-order valence-electron chi connectivity index (χ0n) is 11.4. The summed E-state index contributed by atoms with van der Waals surface area (Å²) in [6.45, 7) is 6.66. The molecule has 1 aliphatic heterocycles. The second kappa shape index (κ2) is 6.14. The molecule has 1 saturated heterocycles. The summed E-state index contributed by atoms with van der Waals surface area (Å²) in [5.74, 6) is -0.0368. The number of nitrogens with one attached hydrogen (secondary N) is 2. The number of hydrogen-bond acceptors (Lipinski definition) is 5. The molecular formula is C12H21N5O2. The number of carbonyl (C=O) groups excluding carboxylic acids is 1. The van der Waals surface area contributed by atoms with Crippen LogP contribution in [0.25, 0.3) is 0 Å². The molecule has 1 aromatic heterocycles. The minimum atomic E-state index is -0.0368. The van der Waals surface area contributed by atoms with Crippen LogP contribution in [0.1, 0.15) is 11.4 Å². The number of aromatic amines is 1. The number of anilines is 1. The number of nitrogens with zero attached hydrogens (tertiary/aromatic N) is 2. The highest BCUT2D eigenvalue weighted by Gasteiger charge is 2.21. The van der Waals surface area contributed by atoms with Gasteiger partial charge in [0.2, 0.25) is 5.91 Å². The molecule has 0 radical (unpaired) electrons. The Morgan fingerprint density at radius 1 is 1.63 bits per heavy atom. The Kier molecular flexibility index (Phi) is 4.52. The topological polar surface area (TPSA) is 96.3 Å². The molecule has 19 heavy (non-hydrogen) atoms. The average molecular weight is 267 g/mol. The quantitative estimate of drug-likeness (QED) is 0.691. The molecule has 7 heteroatoms. The van der Waals surface area contributed by atoms with Crippen molar-refractivity contribution in [2.75, 3.05) is 38.1 Å². The number of amides is 1. The highest BCUT2D eigenvalue weighted by Crippen LogP contribution is 2.16. The van der Waals surface area contributed by atoms with Gasteiger partial charge in [-0.1, -0.05) is 0 Å². The number of morpholine rings is 1. The van der Waals surface area contributed by atoms with Crippen LogP contribution in [0.15, 0.2) is 0 Å². The van der Waals surface area contributed by atoms with Crippen molar-refractivity contribution in [2.24, 2.45) is 5.73 Å². The third-order valence-electron chi connectivity index (χ3n) is 3.25. The van der Waals surface area contributed by atoms with Crippen molar-refractivity contribution in [3.63, 3.8) is 0 Å². The van der Waals surface area contributed by atoms with Crippen LogP contribution < -0.4 is 11.1 Å². The molecule has 106 valence electrons. The Bertz CT molecular complexity index is 426. The van der Waals surface area contributed by atoms with E-state index in [0.29, 0.717) is 26.2 Å². The molecule has 0 spiro atoms. The van der Waals surface area contributed by atoms with Crippen molar-refractivity contribution in [2.45, 2.75) is 20.0 Å². The van der Waals surface area contributed by atoms with E-state index in [1.165, 1.54) is 0 Å². The van der Waals surface area contributed by atoms with Crippen molar-refractivity contribution < 1.29 is 9.53 Å². The molecule has 2 heterocycles. The third kappa shape index (κ3) is 3.52. The van der Waals surface area contributed by atoms with Crippen LogP contribution >= 0.6 is 0 Å². The number of nitrogens with two attached hydrogens (primary N) is 1. The van der Waals surface area contributed by atoms with Crippen LogP contribution in [0.4, 0.5) is 5.69 Å². The van der Waals surface area contributed by atoms with Crippen molar-refractivity contribution in [1.29, 1.82) is 0 Å². The molecule has 1 atom stereocenters. The molecule has 0 aliphatic carbocycles. The van der Waals surface area contributed by atoms with Crippen molar-refractivity contribution in [3.05, 3.63) is 11.4 Å². The van der Waals surface area contributed by atoms with Gasteiger partial charge in [-0.15, -0.1) is 0 Å². The minimum absolute atomic E-state index is 0.0268. The lowest BCUT2D eigenvalue weighted by molar-refractivity contribution is -0.119. The number of ether oxygens (including phenoxy) is 1. The molecule has 0 saturated carbocycles. The normalized spacial score (nSPS) is 20.5. The summed E-state index contributed by atoms with van der Waals surface area (Å²) in [6.07, 6.45) is 0.0268. The highest BCUT2D eigenvalue weighted by molar-refractivity contribution is 5.93. The van der Waals surface area contributed by atoms with Crippen molar-refractivity contribution >= 4 is 11.6 Å². The maximum atomic E-state index is 12.0. The van der Waals surface area contributed by atoms with Gasteiger partial charge in [-0.3, -0.25) is 14.8 Å². The van der Waals surface area contributed by atoms with E-state index in [2.05, 4.69) is 20.4 Å². The number of hydrogen-bond donors (Lipinski definition) is 3. The van der Waals surface area contributed by atoms with E-state index in [0.717, 1.165) is 23.6 Å². The zero-order chi connectivity index (χ0) is 13.8. The van der Waals surface area contributed by atoms with Crippen LogP contribution in [-0.2, 0) is 9.53 Å². The summed E-state index contributed by atoms with van der Waals surface area (Å²) in [5, 5.41) is 9.79. The average Bonchev–Trinajstić information content (AvgIpc) is 2.71. The zero-order valence-corrected chi connectivity index (χ0v) is 11.4. The molecule has 1 aromatic rings. The Balaban J connectivity index is 1.87. The second-order valence-corrected chi connectivity index (χ2v) is 4.82. The van der Waals surface area contributed by atoms with E-state index in [4.69, 9.17) is 10.5 Å². The summed E-state index contributed by atoms with van der Waals surface area (Å²) in [6, 6.07) is 0. The number of aromatic nitrogens is 2. The standard InChI is InChI=1S/C12H21N5O2/c1-8-12(9(2)16-15-8)14-11(18)7-17-3-4-19-10(5-13)6-17/h10H,3-7,13H2,1-2H3,(H,14,18)(H,15,16). The van der Waals surface area contributed by atoms with Gasteiger partial charge in [-0.25, -0.2) is 0 Å². The first-order valence-corrected chi connectivity index (χ1v) is 6.45. The monoisotopic (exact) mass is 267 g/mol. The lowest BCUT2D eigenvalue weighted by atomic mass is 10.2. The van der Waals surface area contributed by atoms with Gasteiger partial charge >= 0.3 is 0 Å². The number of H-pyrrole nitrogens is 1. The number of carbonyl (C=O) groups is 1. The Morgan fingerprint density at radius 3 is 3.05 bits per heavy atom. The first-order chi connectivity index (χ1) is 9.10. The van der Waals surface area contributed by atoms with Crippen molar-refractivity contribution in [1.82, 2.24) is 15.1 Å². The van der Waals surface area contributed by atoms with E-state index in [9.17, 15) is 4.79 Å². The van der Waals surface area contributed by atoms with Gasteiger partial charge in [0, 0.05) is 19.6 Å². The Labute approximate surface area is 112 Å². The van der Waals surface area contributed by atoms with Gasteiger partial charge in [0.05, 0.1) is 36.3 Å². The van der Waals surface area contributed by atoms with Crippen LogP contribution in [0.3, 0.4) is 0 Å². The Hall–Kier alpha value is -1.44. The van der Waals surface area contributed by atoms with Gasteiger partial charge in [0.25, 0.3) is 0 Å². The molecule has 0 aromatic carbocycles. The lowest BCUT2D eigenvalue weighted by Crippen LogP contribution is -2.48. The molecule has 1 fully saturated rings. The van der Waals surface area contributed by atoms with Gasteiger partial charge < -0.3 is 15.8 Å². The lowest BCUT2D eigenvalue weighted by Gasteiger charge is -2.31. The van der Waals surface area contributed by atoms with Gasteiger partial charge in [-0.05, 0) is 13.8 Å². The largest absolute Gasteiger partial charge is 0.374 e. The molecule has 0 bridgehead atoms. The first kappa shape index (κ1) is 14.0. The third-order valence-corrected chi connectivity index (χ3v) is 3.25. The summed E-state index contributed by atoms with van der Waals surface area (Å²) in [4.78, 5) is 14.1. The SMILES string of the molecule is Cc1n[nH]c(C)c1NC(=O)CN1CCOC(CN)C1. The van der Waals surface area contributed by atoms with Crippen LogP contribution in [-0.4, -0.2) is 59.9 Å². The van der Waals surface area contributed by atoms with Gasteiger partial charge in [0.15, 0.2) is 0 Å². The summed E-state index contributed by atoms with van der Waals surface area (Å²) >= 11 is 0. The molecule has 1 unspecified atom stereocenters. The number of rotatable bonds is 4. The summed E-state index contributed by atoms with van der Waals surface area (Å²) < 4.78 is 5.47. The molecule has 1 aliphatic rings. The second-order valence-electron chi connectivity index (χ2n) is 4.82. The van der Waals surface area contributed by atoms with Crippen molar-refractivity contribution in [3.8, 4) is 0 Å². The van der Waals surface area contributed by atoms with Gasteiger partial charge in [-0.2, -0.15) is 5.10 Å².